The van der Waals surface area contributed by atoms with Gasteiger partial charge in [0.2, 0.25) is 5.91 Å². The Kier molecular flexibility index (Phi) is 5.26. The molecule has 0 unspecified atom stereocenters. The molecule has 1 N–H and O–H groups in total. The van der Waals surface area contributed by atoms with E-state index in [0.717, 1.165) is 17.8 Å². The zero-order valence-electron chi connectivity index (χ0n) is 12.0. The number of nitrogens with zero attached hydrogens (tertiary/aromatic N) is 1. The molecule has 1 saturated carbocycles. The van der Waals surface area contributed by atoms with Gasteiger partial charge in [-0.2, -0.15) is 0 Å². The summed E-state index contributed by atoms with van der Waals surface area (Å²) in [5, 5.41) is 4.02. The quantitative estimate of drug-likeness (QED) is 0.785. The van der Waals surface area contributed by atoms with Crippen LogP contribution in [0.5, 0.6) is 0 Å². The van der Waals surface area contributed by atoms with E-state index in [4.69, 9.17) is 16.3 Å². The van der Waals surface area contributed by atoms with Gasteiger partial charge >= 0.3 is 0 Å². The summed E-state index contributed by atoms with van der Waals surface area (Å²) in [5.74, 6) is -0.00780. The topological polar surface area (TPSA) is 41.6 Å². The lowest BCUT2D eigenvalue weighted by Gasteiger charge is -2.23. The Hall–Kier alpha value is -1.26. The highest BCUT2D eigenvalue weighted by atomic mass is 35.5. The fourth-order valence-electron chi connectivity index (χ4n) is 2.09. The first-order valence-electron chi connectivity index (χ1n) is 6.95. The lowest BCUT2D eigenvalue weighted by Crippen LogP contribution is -2.30. The minimum Gasteiger partial charge on any atom is -0.385 e. The van der Waals surface area contributed by atoms with Crippen LogP contribution in [0.15, 0.2) is 18.2 Å². The van der Waals surface area contributed by atoms with E-state index in [-0.39, 0.29) is 5.91 Å². The number of hydrogen-bond donors (Lipinski definition) is 1. The summed E-state index contributed by atoms with van der Waals surface area (Å²) < 4.78 is 5.04. The van der Waals surface area contributed by atoms with E-state index in [2.05, 4.69) is 5.32 Å². The van der Waals surface area contributed by atoms with Crippen molar-refractivity contribution in [3.05, 3.63) is 23.2 Å². The minimum absolute atomic E-state index is 0.00780. The first-order chi connectivity index (χ1) is 9.61. The van der Waals surface area contributed by atoms with Gasteiger partial charge in [0, 0.05) is 38.9 Å². The van der Waals surface area contributed by atoms with Gasteiger partial charge in [-0.25, -0.2) is 0 Å². The molecule has 5 heteroatoms. The van der Waals surface area contributed by atoms with Gasteiger partial charge in [0.25, 0.3) is 0 Å². The number of halogens is 1. The van der Waals surface area contributed by atoms with Crippen LogP contribution >= 0.6 is 11.6 Å². The largest absolute Gasteiger partial charge is 0.385 e. The van der Waals surface area contributed by atoms with Crippen LogP contribution in [0.2, 0.25) is 5.02 Å². The number of rotatable bonds is 7. The number of benzene rings is 1. The van der Waals surface area contributed by atoms with Crippen LogP contribution < -0.4 is 10.2 Å². The average Bonchev–Trinajstić information content (AvgIpc) is 3.21. The molecule has 1 fully saturated rings. The van der Waals surface area contributed by atoms with Crippen LogP contribution in [0, 0.1) is 0 Å². The minimum atomic E-state index is -0.00780. The number of anilines is 2. The smallest absolute Gasteiger partial charge is 0.223 e. The number of carbonyl (C=O) groups excluding carboxylic acids is 1. The molecular weight excluding hydrogens is 276 g/mol. The van der Waals surface area contributed by atoms with Crippen LogP contribution in [0.1, 0.15) is 26.2 Å². The molecule has 110 valence electrons. The molecule has 0 bridgehead atoms. The van der Waals surface area contributed by atoms with E-state index in [1.54, 1.807) is 18.9 Å². The summed E-state index contributed by atoms with van der Waals surface area (Å²) in [5.41, 5.74) is 1.78. The molecule has 1 amide bonds. The molecular formula is C15H21ClN2O2. The molecule has 0 spiro atoms. The summed E-state index contributed by atoms with van der Waals surface area (Å²) in [7, 11) is 1.66. The van der Waals surface area contributed by atoms with Gasteiger partial charge in [-0.05, 0) is 37.5 Å². The van der Waals surface area contributed by atoms with Crippen molar-refractivity contribution < 1.29 is 9.53 Å². The third-order valence-corrected chi connectivity index (χ3v) is 3.61. The average molecular weight is 297 g/mol. The maximum Gasteiger partial charge on any atom is 0.223 e. The second-order valence-electron chi connectivity index (χ2n) is 5.10. The van der Waals surface area contributed by atoms with Crippen molar-refractivity contribution >= 4 is 28.9 Å². The molecule has 1 aromatic carbocycles. The summed E-state index contributed by atoms with van der Waals surface area (Å²) in [6.07, 6.45) is 3.21. The Morgan fingerprint density at radius 3 is 2.85 bits per heavy atom. The number of carbonyl (C=O) groups is 1. The van der Waals surface area contributed by atoms with Gasteiger partial charge in [-0.1, -0.05) is 11.6 Å². The molecule has 20 heavy (non-hydrogen) atoms. The number of methoxy groups -OCH3 is 1. The Labute approximate surface area is 125 Å². The van der Waals surface area contributed by atoms with Crippen LogP contribution in [-0.4, -0.2) is 32.2 Å². The van der Waals surface area contributed by atoms with Gasteiger partial charge in [-0.3, -0.25) is 4.79 Å². The summed E-state index contributed by atoms with van der Waals surface area (Å²) in [6, 6.07) is 6.32. The molecule has 1 aliphatic carbocycles. The van der Waals surface area contributed by atoms with Crippen LogP contribution in [-0.2, 0) is 9.53 Å². The molecule has 2 rings (SSSR count). The molecule has 0 radical (unpaired) electrons. The summed E-state index contributed by atoms with van der Waals surface area (Å²) in [6.45, 7) is 2.79. The van der Waals surface area contributed by atoms with Crippen LogP contribution in [0.25, 0.3) is 0 Å². The molecule has 1 aromatic rings. The normalized spacial score (nSPS) is 14.2. The number of amides is 1. The molecule has 0 aromatic heterocycles. The second kappa shape index (κ2) is 6.95. The van der Waals surface area contributed by atoms with E-state index in [0.29, 0.717) is 24.2 Å². The molecule has 4 nitrogen and oxygen atoms in total. The number of ether oxygens (including phenoxy) is 1. The Balaban J connectivity index is 2.14. The zero-order valence-corrected chi connectivity index (χ0v) is 12.7. The highest BCUT2D eigenvalue weighted by Crippen LogP contribution is 2.32. The molecule has 0 heterocycles. The van der Waals surface area contributed by atoms with Gasteiger partial charge in [0.15, 0.2) is 0 Å². The Morgan fingerprint density at radius 1 is 1.50 bits per heavy atom. The first kappa shape index (κ1) is 15.1. The van der Waals surface area contributed by atoms with E-state index < -0.39 is 0 Å². The van der Waals surface area contributed by atoms with Crippen LogP contribution in [0.3, 0.4) is 0 Å². The third-order valence-electron chi connectivity index (χ3n) is 3.30. The Morgan fingerprint density at radius 2 is 2.25 bits per heavy atom. The zero-order chi connectivity index (χ0) is 14.5. The standard InChI is InChI=1S/C15H21ClN2O2/c1-11(19)18(8-3-9-20-2)15-10-13(6-7-14(15)16)17-12-4-5-12/h6-7,10,12,17H,3-5,8-9H2,1-2H3. The Bertz CT molecular complexity index is 475. The predicted molar refractivity (Wildman–Crippen MR) is 82.6 cm³/mol. The van der Waals surface area contributed by atoms with E-state index in [1.807, 2.05) is 18.2 Å². The van der Waals surface area contributed by atoms with Gasteiger partial charge in [-0.15, -0.1) is 0 Å². The van der Waals surface area contributed by atoms with Crippen molar-refractivity contribution in [3.8, 4) is 0 Å². The van der Waals surface area contributed by atoms with Crippen molar-refractivity contribution in [2.24, 2.45) is 0 Å². The van der Waals surface area contributed by atoms with Crippen molar-refractivity contribution in [3.63, 3.8) is 0 Å². The molecule has 0 aliphatic heterocycles. The summed E-state index contributed by atoms with van der Waals surface area (Å²) >= 11 is 6.25. The lowest BCUT2D eigenvalue weighted by molar-refractivity contribution is -0.116. The van der Waals surface area contributed by atoms with Gasteiger partial charge < -0.3 is 15.0 Å². The maximum atomic E-state index is 11.8. The summed E-state index contributed by atoms with van der Waals surface area (Å²) in [4.78, 5) is 13.6. The first-order valence-corrected chi connectivity index (χ1v) is 7.32. The van der Waals surface area contributed by atoms with Gasteiger partial charge in [0.05, 0.1) is 10.7 Å². The van der Waals surface area contributed by atoms with Crippen molar-refractivity contribution in [2.45, 2.75) is 32.2 Å². The van der Waals surface area contributed by atoms with Crippen molar-refractivity contribution in [1.29, 1.82) is 0 Å². The highest BCUT2D eigenvalue weighted by molar-refractivity contribution is 6.34. The van der Waals surface area contributed by atoms with Crippen LogP contribution in [0.4, 0.5) is 11.4 Å². The van der Waals surface area contributed by atoms with Crippen molar-refractivity contribution in [1.82, 2.24) is 0 Å². The number of nitrogens with one attached hydrogen (secondary N) is 1. The van der Waals surface area contributed by atoms with E-state index in [1.165, 1.54) is 12.8 Å². The SMILES string of the molecule is COCCCN(C(C)=O)c1cc(NC2CC2)ccc1Cl. The predicted octanol–water partition coefficient (Wildman–Crippen LogP) is 3.30. The highest BCUT2D eigenvalue weighted by Gasteiger charge is 2.22. The van der Waals surface area contributed by atoms with Gasteiger partial charge in [0.1, 0.15) is 0 Å². The lowest BCUT2D eigenvalue weighted by atomic mass is 10.2. The van der Waals surface area contributed by atoms with E-state index in [9.17, 15) is 4.79 Å². The fourth-order valence-corrected chi connectivity index (χ4v) is 2.31. The molecule has 1 aliphatic rings. The maximum absolute atomic E-state index is 11.8. The second-order valence-corrected chi connectivity index (χ2v) is 5.51. The number of hydrogen-bond acceptors (Lipinski definition) is 3. The fraction of sp³-hybridized carbons (Fsp3) is 0.533. The third kappa shape index (κ3) is 4.12. The molecule has 0 saturated heterocycles. The monoisotopic (exact) mass is 296 g/mol. The molecule has 0 atom stereocenters. The van der Waals surface area contributed by atoms with E-state index >= 15 is 0 Å². The van der Waals surface area contributed by atoms with Crippen molar-refractivity contribution in [2.75, 3.05) is 30.5 Å².